The molecule has 1 aromatic rings. The standard InChI is InChI=1S/C16H20F4N2/c17-14-9-12(8-13(10-14)16(18,19)20)15(7-11-1-2-11)22-5-3-21-4-6-22/h8-11,15,21H,1-7H2/t15-/m1/s1. The smallest absolute Gasteiger partial charge is 0.314 e. The number of benzene rings is 1. The van der Waals surface area contributed by atoms with Crippen molar-refractivity contribution in [3.8, 4) is 0 Å². The topological polar surface area (TPSA) is 15.3 Å². The maximum Gasteiger partial charge on any atom is 0.416 e. The van der Waals surface area contributed by atoms with Crippen molar-refractivity contribution < 1.29 is 17.6 Å². The number of hydrogen-bond acceptors (Lipinski definition) is 2. The summed E-state index contributed by atoms with van der Waals surface area (Å²) in [4.78, 5) is 2.18. The fraction of sp³-hybridized carbons (Fsp3) is 0.625. The molecule has 3 rings (SSSR count). The molecule has 1 heterocycles. The summed E-state index contributed by atoms with van der Waals surface area (Å²) in [7, 11) is 0. The van der Waals surface area contributed by atoms with E-state index in [-0.39, 0.29) is 6.04 Å². The second kappa shape index (κ2) is 6.16. The first kappa shape index (κ1) is 15.7. The second-order valence-corrected chi connectivity index (χ2v) is 6.25. The summed E-state index contributed by atoms with van der Waals surface area (Å²) >= 11 is 0. The highest BCUT2D eigenvalue weighted by Crippen LogP contribution is 2.41. The number of nitrogens with zero attached hydrogens (tertiary/aromatic N) is 1. The summed E-state index contributed by atoms with van der Waals surface area (Å²) in [5.41, 5.74) is -0.431. The molecule has 6 heteroatoms. The van der Waals surface area contributed by atoms with E-state index in [2.05, 4.69) is 10.2 Å². The Morgan fingerprint density at radius 2 is 1.82 bits per heavy atom. The number of piperazine rings is 1. The van der Waals surface area contributed by atoms with Crippen LogP contribution in [0.4, 0.5) is 17.6 Å². The van der Waals surface area contributed by atoms with Crippen molar-refractivity contribution in [3.63, 3.8) is 0 Å². The lowest BCUT2D eigenvalue weighted by atomic mass is 9.96. The molecule has 1 aliphatic heterocycles. The Labute approximate surface area is 127 Å². The van der Waals surface area contributed by atoms with Gasteiger partial charge in [0.1, 0.15) is 5.82 Å². The van der Waals surface area contributed by atoms with Gasteiger partial charge in [0.15, 0.2) is 0 Å². The first-order valence-corrected chi connectivity index (χ1v) is 7.76. The summed E-state index contributed by atoms with van der Waals surface area (Å²) in [5, 5.41) is 3.24. The van der Waals surface area contributed by atoms with Crippen molar-refractivity contribution in [2.45, 2.75) is 31.5 Å². The normalized spacial score (nSPS) is 21.8. The molecule has 22 heavy (non-hydrogen) atoms. The van der Waals surface area contributed by atoms with E-state index in [1.54, 1.807) is 0 Å². The molecule has 1 saturated heterocycles. The number of nitrogens with one attached hydrogen (secondary N) is 1. The Hall–Kier alpha value is -1.14. The SMILES string of the molecule is Fc1cc([C@@H](CC2CC2)N2CCNCC2)cc(C(F)(F)F)c1. The molecule has 0 aromatic heterocycles. The molecule has 0 spiro atoms. The van der Waals surface area contributed by atoms with Crippen molar-refractivity contribution in [2.75, 3.05) is 26.2 Å². The van der Waals surface area contributed by atoms with Crippen LogP contribution >= 0.6 is 0 Å². The predicted molar refractivity (Wildman–Crippen MR) is 75.9 cm³/mol. The molecule has 0 radical (unpaired) electrons. The van der Waals surface area contributed by atoms with E-state index in [9.17, 15) is 17.6 Å². The van der Waals surface area contributed by atoms with Gasteiger partial charge in [0.05, 0.1) is 5.56 Å². The maximum atomic E-state index is 13.7. The van der Waals surface area contributed by atoms with Gasteiger partial charge in [-0.05, 0) is 36.1 Å². The van der Waals surface area contributed by atoms with Crippen LogP contribution in [0.15, 0.2) is 18.2 Å². The van der Waals surface area contributed by atoms with Crippen LogP contribution in [0.5, 0.6) is 0 Å². The van der Waals surface area contributed by atoms with Crippen LogP contribution in [-0.4, -0.2) is 31.1 Å². The van der Waals surface area contributed by atoms with Gasteiger partial charge >= 0.3 is 6.18 Å². The van der Waals surface area contributed by atoms with Gasteiger partial charge in [-0.1, -0.05) is 12.8 Å². The van der Waals surface area contributed by atoms with Crippen LogP contribution in [0.3, 0.4) is 0 Å². The summed E-state index contributed by atoms with van der Waals surface area (Å²) < 4.78 is 52.5. The first-order valence-electron chi connectivity index (χ1n) is 7.76. The van der Waals surface area contributed by atoms with Crippen LogP contribution < -0.4 is 5.32 Å². The maximum absolute atomic E-state index is 13.7. The fourth-order valence-corrected chi connectivity index (χ4v) is 3.13. The van der Waals surface area contributed by atoms with Crippen LogP contribution in [0.25, 0.3) is 0 Å². The molecule has 1 aliphatic carbocycles. The number of rotatable bonds is 4. The quantitative estimate of drug-likeness (QED) is 0.854. The zero-order chi connectivity index (χ0) is 15.7. The Bertz CT molecular complexity index is 519. The third kappa shape index (κ3) is 3.79. The van der Waals surface area contributed by atoms with Crippen LogP contribution in [-0.2, 0) is 6.18 Å². The molecule has 2 nitrogen and oxygen atoms in total. The summed E-state index contributed by atoms with van der Waals surface area (Å²) in [5.74, 6) is -0.238. The summed E-state index contributed by atoms with van der Waals surface area (Å²) in [6, 6.07) is 2.85. The number of hydrogen-bond donors (Lipinski definition) is 1. The molecular weight excluding hydrogens is 296 g/mol. The van der Waals surface area contributed by atoms with Gasteiger partial charge < -0.3 is 5.32 Å². The molecule has 1 aromatic carbocycles. The third-order valence-corrected chi connectivity index (χ3v) is 4.48. The Kier molecular flexibility index (Phi) is 4.41. The Balaban J connectivity index is 1.90. The van der Waals surface area contributed by atoms with Crippen LogP contribution in [0.1, 0.15) is 36.4 Å². The zero-order valence-corrected chi connectivity index (χ0v) is 12.3. The van der Waals surface area contributed by atoms with E-state index < -0.39 is 17.6 Å². The van der Waals surface area contributed by atoms with E-state index in [1.165, 1.54) is 6.07 Å². The molecule has 0 bridgehead atoms. The van der Waals surface area contributed by atoms with E-state index >= 15 is 0 Å². The van der Waals surface area contributed by atoms with Gasteiger partial charge in [0.25, 0.3) is 0 Å². The number of halogens is 4. The lowest BCUT2D eigenvalue weighted by Gasteiger charge is -2.35. The highest BCUT2D eigenvalue weighted by molar-refractivity contribution is 5.29. The van der Waals surface area contributed by atoms with E-state index in [4.69, 9.17) is 0 Å². The summed E-state index contributed by atoms with van der Waals surface area (Å²) in [6.07, 6.45) is -1.43. The van der Waals surface area contributed by atoms with Gasteiger partial charge in [-0.15, -0.1) is 0 Å². The minimum Gasteiger partial charge on any atom is -0.314 e. The lowest BCUT2D eigenvalue weighted by Crippen LogP contribution is -2.45. The van der Waals surface area contributed by atoms with E-state index in [1.807, 2.05) is 0 Å². The molecule has 1 saturated carbocycles. The number of alkyl halides is 3. The van der Waals surface area contributed by atoms with Crippen molar-refractivity contribution in [1.82, 2.24) is 10.2 Å². The Morgan fingerprint density at radius 1 is 1.14 bits per heavy atom. The molecule has 0 unspecified atom stereocenters. The van der Waals surface area contributed by atoms with Crippen molar-refractivity contribution in [1.29, 1.82) is 0 Å². The van der Waals surface area contributed by atoms with E-state index in [0.29, 0.717) is 17.5 Å². The van der Waals surface area contributed by atoms with Crippen molar-refractivity contribution in [3.05, 3.63) is 35.1 Å². The van der Waals surface area contributed by atoms with Gasteiger partial charge in [-0.25, -0.2) is 4.39 Å². The first-order chi connectivity index (χ1) is 10.4. The monoisotopic (exact) mass is 316 g/mol. The Morgan fingerprint density at radius 3 is 2.41 bits per heavy atom. The van der Waals surface area contributed by atoms with Gasteiger partial charge in [-0.2, -0.15) is 13.2 Å². The largest absolute Gasteiger partial charge is 0.416 e. The highest BCUT2D eigenvalue weighted by Gasteiger charge is 2.34. The molecule has 0 amide bonds. The minimum absolute atomic E-state index is 0.119. The average molecular weight is 316 g/mol. The predicted octanol–water partition coefficient (Wildman–Crippen LogP) is 3.59. The van der Waals surface area contributed by atoms with Crippen molar-refractivity contribution >= 4 is 0 Å². The minimum atomic E-state index is -4.51. The van der Waals surface area contributed by atoms with Crippen LogP contribution in [0, 0.1) is 11.7 Å². The zero-order valence-electron chi connectivity index (χ0n) is 12.3. The molecule has 1 N–H and O–H groups in total. The van der Waals surface area contributed by atoms with Gasteiger partial charge in [0.2, 0.25) is 0 Å². The van der Waals surface area contributed by atoms with Crippen molar-refractivity contribution in [2.24, 2.45) is 5.92 Å². The second-order valence-electron chi connectivity index (χ2n) is 6.25. The lowest BCUT2D eigenvalue weighted by molar-refractivity contribution is -0.137. The summed E-state index contributed by atoms with van der Waals surface area (Å²) in [6.45, 7) is 3.22. The molecule has 122 valence electrons. The highest BCUT2D eigenvalue weighted by atomic mass is 19.4. The average Bonchev–Trinajstić information content (AvgIpc) is 3.28. The van der Waals surface area contributed by atoms with Gasteiger partial charge in [-0.3, -0.25) is 4.90 Å². The fourth-order valence-electron chi connectivity index (χ4n) is 3.13. The third-order valence-electron chi connectivity index (χ3n) is 4.48. The van der Waals surface area contributed by atoms with Crippen LogP contribution in [0.2, 0.25) is 0 Å². The molecular formula is C16H20F4N2. The molecule has 1 atom stereocenters. The molecule has 2 aliphatic rings. The van der Waals surface area contributed by atoms with Gasteiger partial charge in [0, 0.05) is 32.2 Å². The van der Waals surface area contributed by atoms with E-state index in [0.717, 1.165) is 51.5 Å². The molecule has 2 fully saturated rings.